The maximum absolute atomic E-state index is 12.5. The Morgan fingerprint density at radius 1 is 0.420 bits per heavy atom. The average molecular weight is 1860 g/mol. The molecule has 0 radical (unpaired) electrons. The third-order valence-electron chi connectivity index (χ3n) is 23.2. The van der Waals surface area contributed by atoms with Crippen LogP contribution in [0.2, 0.25) is 0 Å². The second-order valence-electron chi connectivity index (χ2n) is 32.0. The number of aliphatic hydroxyl groups is 3. The monoisotopic (exact) mass is 1860 g/mol. The number of halogens is 1. The predicted octanol–water partition coefficient (Wildman–Crippen LogP) is 17.8. The summed E-state index contributed by atoms with van der Waals surface area (Å²) in [4.78, 5) is 87.9. The number of carbonyl (C=O) groups excluding carboxylic acids is 8. The van der Waals surface area contributed by atoms with E-state index in [1.807, 2.05) is 106 Å². The number of fused-ring (bicyclic) bond motifs is 12. The van der Waals surface area contributed by atoms with Crippen LogP contribution in [0.3, 0.4) is 0 Å². The SMILES string of the molecule is CC1(O)CCN(CCOc2ccc3c(ccc4occ(C5CCC(=O)CC5=O)c43)c2)CC1.CC1(O)CCN(CCOc2ccc3c(ccc4occ(C5CCC(=O)CC5=O)c43)c2)CC1.CCCc1coc2ccc3cc(OCCBr)ccc3c12.CCCc1coc2ccc3cc(OCCN4CCC(C)(O)CC4)ccc3c12.O=C=O.O=C=O.[CH3-].[W]. The Labute approximate surface area is 715 Å². The molecular weight excluding hydrogens is 1750 g/mol. The van der Waals surface area contributed by atoms with Gasteiger partial charge in [-0.1, -0.05) is 66.9 Å². The van der Waals surface area contributed by atoms with Crippen LogP contribution in [0.25, 0.3) is 87.0 Å². The van der Waals surface area contributed by atoms with Gasteiger partial charge in [0, 0.05) is 143 Å². The molecule has 5 aliphatic rings. The summed E-state index contributed by atoms with van der Waals surface area (Å²) >= 11 is 3.37. The van der Waals surface area contributed by atoms with Gasteiger partial charge in [0.15, 0.2) is 0 Å². The van der Waals surface area contributed by atoms with Crippen molar-refractivity contribution in [2.45, 2.75) is 166 Å². The number of hydrogen-bond donors (Lipinski definition) is 3. The molecule has 2 unspecified atom stereocenters. The van der Waals surface area contributed by atoms with Crippen LogP contribution in [0, 0.1) is 7.43 Å². The molecule has 8 aromatic carbocycles. The quantitative estimate of drug-likeness (QED) is 0.0342. The molecule has 3 aliphatic heterocycles. The van der Waals surface area contributed by atoms with Crippen molar-refractivity contribution >= 4 is 138 Å². The minimum atomic E-state index is -0.537. The fourth-order valence-corrected chi connectivity index (χ4v) is 16.7. The van der Waals surface area contributed by atoms with E-state index in [0.29, 0.717) is 52.1 Å². The van der Waals surface area contributed by atoms with Crippen LogP contribution in [0.15, 0.2) is 164 Å². The average Bonchev–Trinajstić information content (AvgIpc) is 1.67. The molecule has 4 aromatic heterocycles. The zero-order valence-electron chi connectivity index (χ0n) is 68.7. The first-order valence-electron chi connectivity index (χ1n) is 40.7. The van der Waals surface area contributed by atoms with E-state index in [0.717, 1.165) is 217 Å². The van der Waals surface area contributed by atoms with Crippen molar-refractivity contribution < 1.29 is 111 Å². The van der Waals surface area contributed by atoms with Gasteiger partial charge >= 0.3 is 12.3 Å². The Morgan fingerprint density at radius 2 is 0.697 bits per heavy atom. The number of piperidine rings is 3. The smallest absolute Gasteiger partial charge is 0.373 e. The van der Waals surface area contributed by atoms with Gasteiger partial charge in [-0.05, 0) is 236 Å². The van der Waals surface area contributed by atoms with Gasteiger partial charge in [-0.3, -0.25) is 33.9 Å². The molecular formula is C95H107BrN3O19W-. The van der Waals surface area contributed by atoms with Crippen molar-refractivity contribution in [3.8, 4) is 23.0 Å². The molecule has 7 heterocycles. The summed E-state index contributed by atoms with van der Waals surface area (Å²) in [6.07, 6.45) is 18.9. The third-order valence-corrected chi connectivity index (χ3v) is 23.5. The van der Waals surface area contributed by atoms with E-state index in [9.17, 15) is 34.5 Å². The van der Waals surface area contributed by atoms with Crippen molar-refractivity contribution in [2.75, 3.05) is 90.7 Å². The normalized spacial score (nSPS) is 17.9. The first kappa shape index (κ1) is 91.8. The van der Waals surface area contributed by atoms with E-state index < -0.39 is 16.8 Å². The standard InChI is InChI=1S/2C26H29NO5.C23H29NO3.C17H17BrO2.2CO2.CH3.W/c2*1-26(30)8-10-27(11-9-26)12-13-31-19-4-6-20-17(14-19)2-7-24-25(20)22(16-32-24)21-5-3-18(28)15-23(21)29;1-3-4-18-16-27-21-8-5-17-15-19(6-7-20(17)22(18)21)26-14-13-24-11-9-23(2,25)10-12-24;1-2-3-13-11-20-16-7-4-12-10-14(19-9-8-18)5-6-15(12)17(13)16;2*2-1-3;;/h2*2,4,6-7,14,16,21,30H,3,5,8-13,15H2,1H3;5-8,15-16,25H,3-4,9-14H2,1-2H3;4-7,10-11H,2-3,8-9H2,1H3;;;1H3;/q;;;;;;-1;. The van der Waals surface area contributed by atoms with Gasteiger partial charge in [-0.2, -0.15) is 19.2 Å². The summed E-state index contributed by atoms with van der Waals surface area (Å²) in [7, 11) is 0. The third kappa shape index (κ3) is 23.6. The van der Waals surface area contributed by atoms with Gasteiger partial charge in [0.2, 0.25) is 0 Å². The van der Waals surface area contributed by atoms with Gasteiger partial charge in [-0.15, -0.1) is 0 Å². The number of rotatable bonds is 21. The van der Waals surface area contributed by atoms with E-state index >= 15 is 0 Å². The maximum Gasteiger partial charge on any atom is 0.373 e. The van der Waals surface area contributed by atoms with E-state index in [2.05, 4.69) is 93.0 Å². The van der Waals surface area contributed by atoms with E-state index in [-0.39, 0.29) is 88.6 Å². The number of furan rings is 4. The molecule has 0 bridgehead atoms. The van der Waals surface area contributed by atoms with Crippen LogP contribution in [-0.2, 0) is 72.3 Å². The molecule has 17 rings (SSSR count). The molecule has 0 spiro atoms. The number of alkyl halides is 1. The summed E-state index contributed by atoms with van der Waals surface area (Å²) in [5.41, 5.74) is 6.22. The second-order valence-corrected chi connectivity index (χ2v) is 32.8. The Morgan fingerprint density at radius 3 is 0.983 bits per heavy atom. The van der Waals surface area contributed by atoms with Gasteiger partial charge in [-0.25, -0.2) is 0 Å². The largest absolute Gasteiger partial charge is 0.493 e. The zero-order chi connectivity index (χ0) is 82.8. The molecule has 22 nitrogen and oxygen atoms in total. The van der Waals surface area contributed by atoms with Gasteiger partial charge in [0.1, 0.15) is 88.3 Å². The van der Waals surface area contributed by atoms with Crippen molar-refractivity contribution in [3.05, 3.63) is 176 Å². The zero-order valence-corrected chi connectivity index (χ0v) is 73.2. The molecule has 2 atom stereocenters. The molecule has 12 aromatic rings. The summed E-state index contributed by atoms with van der Waals surface area (Å²) in [6, 6.07) is 40.8. The first-order chi connectivity index (χ1) is 56.5. The summed E-state index contributed by atoms with van der Waals surface area (Å²) in [6.45, 7) is 20.7. The topological polar surface area (TPSA) is 296 Å². The van der Waals surface area contributed by atoms with Crippen molar-refractivity contribution in [1.82, 2.24) is 14.7 Å². The number of benzene rings is 8. The fourth-order valence-electron chi connectivity index (χ4n) is 16.6. The molecule has 2 saturated carbocycles. The van der Waals surface area contributed by atoms with Gasteiger partial charge < -0.3 is 59.4 Å². The Kier molecular flexibility index (Phi) is 32.9. The number of ether oxygens (including phenoxy) is 4. The van der Waals surface area contributed by atoms with Crippen LogP contribution in [0.4, 0.5) is 0 Å². The molecule has 0 amide bonds. The van der Waals surface area contributed by atoms with Crippen LogP contribution in [0.5, 0.6) is 23.0 Å². The molecule has 24 heteroatoms. The Balaban J connectivity index is 0.000000164. The van der Waals surface area contributed by atoms with E-state index in [1.54, 1.807) is 12.5 Å². The van der Waals surface area contributed by atoms with Crippen LogP contribution in [0.1, 0.15) is 159 Å². The first-order valence-corrected chi connectivity index (χ1v) is 41.9. The molecule has 630 valence electrons. The summed E-state index contributed by atoms with van der Waals surface area (Å²) in [5.74, 6) is 2.92. The molecule has 3 saturated heterocycles. The molecule has 119 heavy (non-hydrogen) atoms. The number of hydrogen-bond acceptors (Lipinski definition) is 22. The predicted molar refractivity (Wildman–Crippen MR) is 457 cm³/mol. The number of nitrogens with zero attached hydrogens (tertiary/aromatic N) is 3. The maximum atomic E-state index is 12.5. The molecule has 5 fully saturated rings. The van der Waals surface area contributed by atoms with Crippen molar-refractivity contribution in [2.24, 2.45) is 0 Å². The molecule has 2 aliphatic carbocycles. The van der Waals surface area contributed by atoms with Crippen LogP contribution in [-0.4, -0.2) is 173 Å². The van der Waals surface area contributed by atoms with E-state index in [1.165, 1.54) is 43.4 Å². The number of Topliss-reactive ketones (excluding diaryl/α,β-unsaturated/α-hetero) is 4. The second kappa shape index (κ2) is 42.6. The number of aryl methyl sites for hydroxylation is 2. The minimum Gasteiger partial charge on any atom is -0.493 e. The summed E-state index contributed by atoms with van der Waals surface area (Å²) < 4.78 is 46.7. The number of carbonyl (C=O) groups is 4. The Hall–Kier alpha value is -9.47. The van der Waals surface area contributed by atoms with Crippen LogP contribution < -0.4 is 18.9 Å². The Bertz CT molecular complexity index is 5320. The van der Waals surface area contributed by atoms with Gasteiger partial charge in [0.05, 0.1) is 61.3 Å². The minimum absolute atomic E-state index is 0. The van der Waals surface area contributed by atoms with Crippen molar-refractivity contribution in [3.63, 3.8) is 0 Å². The molecule has 3 N–H and O–H groups in total. The van der Waals surface area contributed by atoms with Crippen LogP contribution >= 0.6 is 15.9 Å². The fraction of sp³-hybridized carbons (Fsp3) is 0.421. The van der Waals surface area contributed by atoms with E-state index in [4.69, 9.17) is 55.8 Å². The van der Waals surface area contributed by atoms with Crippen molar-refractivity contribution in [1.29, 1.82) is 0 Å². The number of ketones is 4. The summed E-state index contributed by atoms with van der Waals surface area (Å²) in [5, 5.41) is 44.4. The number of likely N-dealkylation sites (tertiary alicyclic amines) is 3. The van der Waals surface area contributed by atoms with Gasteiger partial charge in [0.25, 0.3) is 0 Å².